The molecule has 7 nitrogen and oxygen atoms in total. The van der Waals surface area contributed by atoms with Crippen LogP contribution in [-0.2, 0) is 18.4 Å². The number of nitrogens with one attached hydrogen (secondary N) is 2. The first-order valence-corrected chi connectivity index (χ1v) is 6.17. The second-order valence-electron chi connectivity index (χ2n) is 5.04. The van der Waals surface area contributed by atoms with E-state index in [0.29, 0.717) is 19.4 Å². The summed E-state index contributed by atoms with van der Waals surface area (Å²) in [5.41, 5.74) is 1.07. The molecule has 1 aliphatic rings. The van der Waals surface area contributed by atoms with E-state index in [0.717, 1.165) is 11.3 Å². The van der Waals surface area contributed by atoms with Crippen molar-refractivity contribution in [1.29, 1.82) is 0 Å². The highest BCUT2D eigenvalue weighted by atomic mass is 16.4. The van der Waals surface area contributed by atoms with E-state index in [1.165, 1.54) is 0 Å². The number of carboxylic acid groups (broad SMARTS) is 1. The summed E-state index contributed by atoms with van der Waals surface area (Å²) >= 11 is 0. The van der Waals surface area contributed by atoms with Crippen LogP contribution >= 0.6 is 0 Å². The molecule has 1 heterocycles. The van der Waals surface area contributed by atoms with E-state index in [2.05, 4.69) is 15.7 Å². The fourth-order valence-corrected chi connectivity index (χ4v) is 1.93. The van der Waals surface area contributed by atoms with Crippen molar-refractivity contribution in [3.05, 3.63) is 17.5 Å². The fraction of sp³-hybridized carbons (Fsp3) is 0.583. The minimum absolute atomic E-state index is 0.181. The number of aromatic nitrogens is 2. The number of carboxylic acids is 1. The Bertz CT molecular complexity index is 505. The maximum Gasteiger partial charge on any atom is 0.315 e. The lowest BCUT2D eigenvalue weighted by Crippen LogP contribution is -2.40. The number of aryl methyl sites for hydroxylation is 2. The Morgan fingerprint density at radius 2 is 2.16 bits per heavy atom. The molecule has 0 aromatic carbocycles. The molecule has 1 fully saturated rings. The molecule has 0 bridgehead atoms. The first-order chi connectivity index (χ1) is 8.93. The van der Waals surface area contributed by atoms with E-state index in [1.807, 2.05) is 20.2 Å². The van der Waals surface area contributed by atoms with Crippen LogP contribution in [0.1, 0.15) is 24.1 Å². The molecule has 1 aromatic heterocycles. The van der Waals surface area contributed by atoms with Crippen molar-refractivity contribution in [3.8, 4) is 0 Å². The largest absolute Gasteiger partial charge is 0.481 e. The van der Waals surface area contributed by atoms with Gasteiger partial charge in [-0.2, -0.15) is 5.10 Å². The Morgan fingerprint density at radius 3 is 2.63 bits per heavy atom. The molecule has 1 saturated carbocycles. The van der Waals surface area contributed by atoms with Crippen LogP contribution in [0.5, 0.6) is 0 Å². The van der Waals surface area contributed by atoms with E-state index in [1.54, 1.807) is 4.68 Å². The number of hydrogen-bond acceptors (Lipinski definition) is 3. The number of aliphatic carboxylic acids is 1. The van der Waals surface area contributed by atoms with Crippen molar-refractivity contribution in [1.82, 2.24) is 20.4 Å². The number of urea groups is 1. The highest BCUT2D eigenvalue weighted by molar-refractivity contribution is 5.80. The Balaban J connectivity index is 1.76. The Kier molecular flexibility index (Phi) is 3.46. The average Bonchev–Trinajstić information content (AvgIpc) is 3.06. The first-order valence-electron chi connectivity index (χ1n) is 6.17. The molecule has 3 N–H and O–H groups in total. The zero-order valence-electron chi connectivity index (χ0n) is 11.1. The second-order valence-corrected chi connectivity index (χ2v) is 5.04. The van der Waals surface area contributed by atoms with Gasteiger partial charge in [-0.1, -0.05) is 0 Å². The van der Waals surface area contributed by atoms with Crippen molar-refractivity contribution in [2.24, 2.45) is 12.5 Å². The molecule has 0 saturated heterocycles. The first kappa shape index (κ1) is 13.4. The number of hydrogen-bond donors (Lipinski definition) is 3. The van der Waals surface area contributed by atoms with E-state index >= 15 is 0 Å². The summed E-state index contributed by atoms with van der Waals surface area (Å²) in [4.78, 5) is 22.5. The van der Waals surface area contributed by atoms with Gasteiger partial charge in [0.15, 0.2) is 0 Å². The molecule has 0 aliphatic heterocycles. The van der Waals surface area contributed by atoms with Gasteiger partial charge in [0, 0.05) is 31.9 Å². The maximum absolute atomic E-state index is 11.6. The predicted octanol–water partition coefficient (Wildman–Crippen LogP) is 0.393. The molecule has 0 atom stereocenters. The molecule has 104 valence electrons. The third-order valence-corrected chi connectivity index (χ3v) is 3.45. The summed E-state index contributed by atoms with van der Waals surface area (Å²) in [6.07, 6.45) is 3.10. The molecule has 1 aliphatic carbocycles. The summed E-state index contributed by atoms with van der Waals surface area (Å²) in [5.74, 6) is -0.837. The summed E-state index contributed by atoms with van der Waals surface area (Å²) in [5, 5.41) is 18.5. The van der Waals surface area contributed by atoms with Crippen molar-refractivity contribution in [2.45, 2.75) is 26.3 Å². The van der Waals surface area contributed by atoms with Gasteiger partial charge in [-0.3, -0.25) is 9.48 Å². The quantitative estimate of drug-likeness (QED) is 0.718. The molecular weight excluding hydrogens is 248 g/mol. The van der Waals surface area contributed by atoms with E-state index < -0.39 is 11.4 Å². The zero-order chi connectivity index (χ0) is 14.0. The number of nitrogens with zero attached hydrogens (tertiary/aromatic N) is 2. The fourth-order valence-electron chi connectivity index (χ4n) is 1.93. The average molecular weight is 266 g/mol. The van der Waals surface area contributed by atoms with Crippen LogP contribution in [0.2, 0.25) is 0 Å². The third-order valence-electron chi connectivity index (χ3n) is 3.45. The summed E-state index contributed by atoms with van der Waals surface area (Å²) < 4.78 is 1.69. The molecule has 0 radical (unpaired) electrons. The highest BCUT2D eigenvalue weighted by Gasteiger charge is 2.50. The van der Waals surface area contributed by atoms with Gasteiger partial charge in [0.2, 0.25) is 0 Å². The smallest absolute Gasteiger partial charge is 0.315 e. The van der Waals surface area contributed by atoms with E-state index in [9.17, 15) is 9.59 Å². The molecule has 19 heavy (non-hydrogen) atoms. The van der Waals surface area contributed by atoms with Crippen LogP contribution in [-0.4, -0.2) is 33.4 Å². The minimum atomic E-state index is -0.837. The van der Waals surface area contributed by atoms with Gasteiger partial charge < -0.3 is 15.7 Å². The molecule has 0 spiro atoms. The number of carbonyl (C=O) groups excluding carboxylic acids is 1. The monoisotopic (exact) mass is 266 g/mol. The molecular formula is C12H18N4O3. The van der Waals surface area contributed by atoms with Gasteiger partial charge in [-0.15, -0.1) is 0 Å². The van der Waals surface area contributed by atoms with Crippen LogP contribution < -0.4 is 10.6 Å². The topological polar surface area (TPSA) is 96.3 Å². The van der Waals surface area contributed by atoms with Gasteiger partial charge in [-0.05, 0) is 19.8 Å². The van der Waals surface area contributed by atoms with Crippen LogP contribution in [0.3, 0.4) is 0 Å². The normalized spacial score (nSPS) is 15.9. The molecule has 2 rings (SSSR count). The van der Waals surface area contributed by atoms with Gasteiger partial charge in [0.05, 0.1) is 11.1 Å². The highest BCUT2D eigenvalue weighted by Crippen LogP contribution is 2.45. The van der Waals surface area contributed by atoms with Crippen LogP contribution in [0.15, 0.2) is 6.20 Å². The van der Waals surface area contributed by atoms with Gasteiger partial charge in [-0.25, -0.2) is 4.79 Å². The van der Waals surface area contributed by atoms with Crippen LogP contribution in [0.4, 0.5) is 4.79 Å². The van der Waals surface area contributed by atoms with Crippen LogP contribution in [0, 0.1) is 12.3 Å². The second kappa shape index (κ2) is 4.91. The number of amides is 2. The van der Waals surface area contributed by atoms with Gasteiger partial charge in [0.1, 0.15) is 0 Å². The molecule has 0 unspecified atom stereocenters. The lowest BCUT2D eigenvalue weighted by Gasteiger charge is -2.11. The van der Waals surface area contributed by atoms with Gasteiger partial charge >= 0.3 is 12.0 Å². The SMILES string of the molecule is Cc1nn(C)cc1CNC(=O)NCC1(C(=O)O)CC1. The molecule has 7 heteroatoms. The predicted molar refractivity (Wildman–Crippen MR) is 67.5 cm³/mol. The number of carbonyl (C=O) groups is 2. The van der Waals surface area contributed by atoms with E-state index in [4.69, 9.17) is 5.11 Å². The van der Waals surface area contributed by atoms with Crippen molar-refractivity contribution in [2.75, 3.05) is 6.54 Å². The lowest BCUT2D eigenvalue weighted by molar-refractivity contribution is -0.143. The molecule has 1 aromatic rings. The van der Waals surface area contributed by atoms with Crippen molar-refractivity contribution in [3.63, 3.8) is 0 Å². The number of rotatable bonds is 5. The third kappa shape index (κ3) is 3.04. The minimum Gasteiger partial charge on any atom is -0.481 e. The summed E-state index contributed by atoms with van der Waals surface area (Å²) in [7, 11) is 1.82. The van der Waals surface area contributed by atoms with Gasteiger partial charge in [0.25, 0.3) is 0 Å². The van der Waals surface area contributed by atoms with E-state index in [-0.39, 0.29) is 12.6 Å². The Hall–Kier alpha value is -2.05. The molecule has 2 amide bonds. The Labute approximate surface area is 111 Å². The maximum atomic E-state index is 11.6. The summed E-state index contributed by atoms with van der Waals surface area (Å²) in [6, 6.07) is -0.351. The van der Waals surface area contributed by atoms with Crippen molar-refractivity contribution < 1.29 is 14.7 Å². The lowest BCUT2D eigenvalue weighted by atomic mass is 10.1. The van der Waals surface area contributed by atoms with Crippen molar-refractivity contribution >= 4 is 12.0 Å². The zero-order valence-corrected chi connectivity index (χ0v) is 11.1. The standard InChI is InChI=1S/C12H18N4O3/c1-8-9(6-16(2)15-8)5-13-11(19)14-7-12(3-4-12)10(17)18/h6H,3-5,7H2,1-2H3,(H,17,18)(H2,13,14,19). The Morgan fingerprint density at radius 1 is 1.47 bits per heavy atom. The summed E-state index contributed by atoms with van der Waals surface area (Å²) in [6.45, 7) is 2.43. The van der Waals surface area contributed by atoms with Crippen LogP contribution in [0.25, 0.3) is 0 Å².